The van der Waals surface area contributed by atoms with Gasteiger partial charge >= 0.3 is 0 Å². The molecule has 1 aromatic heterocycles. The van der Waals surface area contributed by atoms with Gasteiger partial charge in [-0.25, -0.2) is 0 Å². The Bertz CT molecular complexity index is 385. The van der Waals surface area contributed by atoms with Gasteiger partial charge in [-0.15, -0.1) is 0 Å². The van der Waals surface area contributed by atoms with Crippen LogP contribution in [0, 0.1) is 0 Å². The summed E-state index contributed by atoms with van der Waals surface area (Å²) in [6, 6.07) is 4.51. The maximum Gasteiger partial charge on any atom is 0.0832 e. The van der Waals surface area contributed by atoms with Crippen molar-refractivity contribution in [2.75, 3.05) is 0 Å². The van der Waals surface area contributed by atoms with Crippen molar-refractivity contribution >= 4 is 0 Å². The molecular formula is C13H22N4. The van der Waals surface area contributed by atoms with Crippen molar-refractivity contribution in [3.8, 4) is 0 Å². The fraction of sp³-hybridized carbons (Fsp3) is 0.692. The van der Waals surface area contributed by atoms with Gasteiger partial charge in [-0.2, -0.15) is 10.2 Å². The highest BCUT2D eigenvalue weighted by molar-refractivity contribution is 5.24. The van der Waals surface area contributed by atoms with E-state index in [2.05, 4.69) is 35.4 Å². The van der Waals surface area contributed by atoms with E-state index in [0.29, 0.717) is 6.04 Å². The fourth-order valence-electron chi connectivity index (χ4n) is 2.08. The van der Waals surface area contributed by atoms with E-state index in [9.17, 15) is 0 Å². The Hall–Kier alpha value is -1.00. The lowest BCUT2D eigenvalue weighted by atomic mass is 10.0. The predicted molar refractivity (Wildman–Crippen MR) is 68.4 cm³/mol. The monoisotopic (exact) mass is 234 g/mol. The zero-order valence-corrected chi connectivity index (χ0v) is 11.1. The number of aromatic nitrogens is 2. The van der Waals surface area contributed by atoms with Crippen molar-refractivity contribution in [2.24, 2.45) is 5.73 Å². The van der Waals surface area contributed by atoms with Crippen LogP contribution in [0.25, 0.3) is 0 Å². The first-order valence-corrected chi connectivity index (χ1v) is 6.25. The van der Waals surface area contributed by atoms with Crippen LogP contribution in [0.2, 0.25) is 0 Å². The molecule has 0 saturated heterocycles. The van der Waals surface area contributed by atoms with Crippen molar-refractivity contribution in [1.29, 1.82) is 0 Å². The summed E-state index contributed by atoms with van der Waals surface area (Å²) in [7, 11) is 0. The molecule has 1 saturated carbocycles. The molecule has 0 aliphatic heterocycles. The molecule has 1 aliphatic rings. The lowest BCUT2D eigenvalue weighted by Gasteiger charge is -2.21. The molecule has 1 fully saturated rings. The second-order valence-electron chi connectivity index (χ2n) is 5.91. The first-order chi connectivity index (χ1) is 7.83. The molecule has 0 radical (unpaired) electrons. The second kappa shape index (κ2) is 4.03. The largest absolute Gasteiger partial charge is 0.321 e. The van der Waals surface area contributed by atoms with E-state index in [0.717, 1.165) is 24.2 Å². The van der Waals surface area contributed by atoms with E-state index in [-0.39, 0.29) is 5.54 Å². The van der Waals surface area contributed by atoms with Gasteiger partial charge in [-0.1, -0.05) is 0 Å². The van der Waals surface area contributed by atoms with Gasteiger partial charge in [0.1, 0.15) is 0 Å². The van der Waals surface area contributed by atoms with E-state index in [1.54, 1.807) is 0 Å². The van der Waals surface area contributed by atoms with Gasteiger partial charge in [-0.3, -0.25) is 0 Å². The van der Waals surface area contributed by atoms with Crippen LogP contribution in [0.3, 0.4) is 0 Å². The second-order valence-corrected chi connectivity index (χ2v) is 5.91. The van der Waals surface area contributed by atoms with Crippen LogP contribution in [-0.2, 0) is 11.1 Å². The maximum atomic E-state index is 5.99. The van der Waals surface area contributed by atoms with Crippen LogP contribution < -0.4 is 11.1 Å². The van der Waals surface area contributed by atoms with Gasteiger partial charge in [0.15, 0.2) is 0 Å². The molecule has 1 aromatic rings. The molecule has 0 atom stereocenters. The van der Waals surface area contributed by atoms with Crippen molar-refractivity contribution < 1.29 is 0 Å². The Kier molecular flexibility index (Phi) is 2.96. The third-order valence-corrected chi connectivity index (χ3v) is 3.13. The molecule has 0 bridgehead atoms. The van der Waals surface area contributed by atoms with E-state index in [1.807, 2.05) is 19.9 Å². The average molecular weight is 234 g/mol. The Morgan fingerprint density at radius 1 is 1.29 bits per heavy atom. The molecule has 4 nitrogen and oxygen atoms in total. The topological polar surface area (TPSA) is 63.8 Å². The number of hydrogen-bond donors (Lipinski definition) is 2. The van der Waals surface area contributed by atoms with Crippen molar-refractivity contribution in [3.05, 3.63) is 23.5 Å². The highest BCUT2D eigenvalue weighted by atomic mass is 15.2. The summed E-state index contributed by atoms with van der Waals surface area (Å²) >= 11 is 0. The number of hydrogen-bond acceptors (Lipinski definition) is 4. The minimum atomic E-state index is -0.423. The molecule has 94 valence electrons. The van der Waals surface area contributed by atoms with E-state index in [1.165, 1.54) is 0 Å². The Labute approximate surface area is 103 Å². The van der Waals surface area contributed by atoms with E-state index in [4.69, 9.17) is 5.73 Å². The molecule has 1 aliphatic carbocycles. The quantitative estimate of drug-likeness (QED) is 0.831. The first-order valence-electron chi connectivity index (χ1n) is 6.25. The van der Waals surface area contributed by atoms with Crippen molar-refractivity contribution in [3.63, 3.8) is 0 Å². The molecular weight excluding hydrogens is 212 g/mol. The summed E-state index contributed by atoms with van der Waals surface area (Å²) in [5.74, 6) is 0. The predicted octanol–water partition coefficient (Wildman–Crippen LogP) is 1.66. The number of nitrogens with one attached hydrogen (secondary N) is 1. The Morgan fingerprint density at radius 2 is 1.94 bits per heavy atom. The summed E-state index contributed by atoms with van der Waals surface area (Å²) < 4.78 is 0. The van der Waals surface area contributed by atoms with E-state index >= 15 is 0 Å². The maximum absolute atomic E-state index is 5.99. The van der Waals surface area contributed by atoms with Crippen LogP contribution in [0.1, 0.15) is 51.9 Å². The third kappa shape index (κ3) is 2.64. The molecule has 4 heteroatoms. The van der Waals surface area contributed by atoms with Crippen LogP contribution in [0.4, 0.5) is 0 Å². The van der Waals surface area contributed by atoms with E-state index < -0.39 is 5.54 Å². The first kappa shape index (κ1) is 12.5. The van der Waals surface area contributed by atoms with Gasteiger partial charge < -0.3 is 11.1 Å². The van der Waals surface area contributed by atoms with Gasteiger partial charge in [0.05, 0.1) is 22.5 Å². The van der Waals surface area contributed by atoms with Gasteiger partial charge in [0, 0.05) is 6.04 Å². The van der Waals surface area contributed by atoms with Crippen molar-refractivity contribution in [2.45, 2.75) is 57.7 Å². The normalized spacial score (nSPS) is 18.5. The summed E-state index contributed by atoms with van der Waals surface area (Å²) in [5, 5.41) is 12.2. The van der Waals surface area contributed by atoms with Gasteiger partial charge in [0.2, 0.25) is 0 Å². The standard InChI is InChI=1S/C13H22N4/c1-9(2)15-13(7-8-13)11-6-5-10(16-17-11)12(3,4)14/h5-6,9,15H,7-8,14H2,1-4H3. The number of rotatable bonds is 4. The smallest absolute Gasteiger partial charge is 0.0832 e. The number of nitrogens with two attached hydrogens (primary N) is 1. The molecule has 0 aromatic carbocycles. The molecule has 0 amide bonds. The Morgan fingerprint density at radius 3 is 2.29 bits per heavy atom. The summed E-state index contributed by atoms with van der Waals surface area (Å²) in [4.78, 5) is 0. The van der Waals surface area contributed by atoms with Crippen LogP contribution in [-0.4, -0.2) is 16.2 Å². The zero-order valence-electron chi connectivity index (χ0n) is 11.1. The van der Waals surface area contributed by atoms with Crippen LogP contribution in [0.5, 0.6) is 0 Å². The molecule has 0 unspecified atom stereocenters. The van der Waals surface area contributed by atoms with Gasteiger partial charge in [0.25, 0.3) is 0 Å². The molecule has 0 spiro atoms. The minimum Gasteiger partial charge on any atom is -0.321 e. The zero-order chi connectivity index (χ0) is 12.7. The minimum absolute atomic E-state index is 0.0679. The molecule has 2 rings (SSSR count). The summed E-state index contributed by atoms with van der Waals surface area (Å²) in [6.45, 7) is 8.20. The lowest BCUT2D eigenvalue weighted by molar-refractivity contribution is 0.443. The summed E-state index contributed by atoms with van der Waals surface area (Å²) in [5.41, 5.74) is 7.51. The average Bonchev–Trinajstić information content (AvgIpc) is 2.97. The number of nitrogens with zero attached hydrogens (tertiary/aromatic N) is 2. The van der Waals surface area contributed by atoms with Crippen LogP contribution >= 0.6 is 0 Å². The van der Waals surface area contributed by atoms with Crippen molar-refractivity contribution in [1.82, 2.24) is 15.5 Å². The highest BCUT2D eigenvalue weighted by Crippen LogP contribution is 2.44. The lowest BCUT2D eigenvalue weighted by Crippen LogP contribution is -2.36. The highest BCUT2D eigenvalue weighted by Gasteiger charge is 2.46. The molecule has 1 heterocycles. The molecule has 3 N–H and O–H groups in total. The van der Waals surface area contributed by atoms with Gasteiger partial charge in [-0.05, 0) is 52.7 Å². The SMILES string of the molecule is CC(C)NC1(c2ccc(C(C)(C)N)nn2)CC1. The summed E-state index contributed by atoms with van der Waals surface area (Å²) in [6.07, 6.45) is 2.29. The Balaban J connectivity index is 2.19. The fourth-order valence-corrected chi connectivity index (χ4v) is 2.08. The van der Waals surface area contributed by atoms with Crippen LogP contribution in [0.15, 0.2) is 12.1 Å². The third-order valence-electron chi connectivity index (χ3n) is 3.13. The molecule has 17 heavy (non-hydrogen) atoms.